The molecule has 0 saturated heterocycles. The van der Waals surface area contributed by atoms with E-state index in [-0.39, 0.29) is 18.4 Å². The van der Waals surface area contributed by atoms with Gasteiger partial charge in [0, 0.05) is 16.9 Å². The third-order valence-electron chi connectivity index (χ3n) is 5.88. The zero-order valence-corrected chi connectivity index (χ0v) is 20.2. The van der Waals surface area contributed by atoms with Crippen molar-refractivity contribution >= 4 is 11.7 Å². The maximum Gasteiger partial charge on any atom is 0.337 e. The lowest BCUT2D eigenvalue weighted by Gasteiger charge is -2.13. The summed E-state index contributed by atoms with van der Waals surface area (Å²) in [6.45, 7) is 6.25. The molecule has 6 heteroatoms. The lowest BCUT2D eigenvalue weighted by atomic mass is 10.1. The van der Waals surface area contributed by atoms with Gasteiger partial charge in [-0.1, -0.05) is 35.0 Å². The molecule has 0 bridgehead atoms. The van der Waals surface area contributed by atoms with Crippen LogP contribution in [0.2, 0.25) is 0 Å². The van der Waals surface area contributed by atoms with Crippen LogP contribution >= 0.6 is 0 Å². The smallest absolute Gasteiger partial charge is 0.337 e. The molecule has 1 heterocycles. The van der Waals surface area contributed by atoms with E-state index in [1.807, 2.05) is 26.0 Å². The monoisotopic (exact) mass is 470 g/mol. The molecule has 1 aromatic heterocycles. The molecular weight excluding hydrogens is 443 g/mol. The van der Waals surface area contributed by atoms with Crippen LogP contribution in [-0.2, 0) is 16.2 Å². The number of methoxy groups -OCH3 is 1. The van der Waals surface area contributed by atoms with Crippen molar-refractivity contribution in [2.45, 2.75) is 27.4 Å². The second-order valence-corrected chi connectivity index (χ2v) is 8.35. The van der Waals surface area contributed by atoms with Crippen molar-refractivity contribution < 1.29 is 18.8 Å². The van der Waals surface area contributed by atoms with E-state index >= 15 is 0 Å². The van der Waals surface area contributed by atoms with Gasteiger partial charge in [-0.15, -0.1) is 0 Å². The highest BCUT2D eigenvalue weighted by Crippen LogP contribution is 2.30. The molecule has 35 heavy (non-hydrogen) atoms. The van der Waals surface area contributed by atoms with Crippen molar-refractivity contribution in [3.63, 3.8) is 0 Å². The first-order valence-electron chi connectivity index (χ1n) is 11.3. The van der Waals surface area contributed by atoms with Crippen LogP contribution in [0.5, 0.6) is 0 Å². The van der Waals surface area contributed by atoms with Crippen LogP contribution in [0, 0.1) is 19.7 Å². The van der Waals surface area contributed by atoms with E-state index in [0.29, 0.717) is 5.56 Å². The van der Waals surface area contributed by atoms with Crippen LogP contribution in [0.4, 0.5) is 4.39 Å². The van der Waals surface area contributed by atoms with Crippen LogP contribution < -0.4 is 0 Å². The average molecular weight is 471 g/mol. The number of aromatic nitrogens is 1. The maximum atomic E-state index is 13.6. The predicted molar refractivity (Wildman–Crippen MR) is 135 cm³/mol. The topological polar surface area (TPSA) is 52.8 Å². The summed E-state index contributed by atoms with van der Waals surface area (Å²) in [5.41, 5.74) is 8.06. The normalized spacial score (nSPS) is 11.4. The van der Waals surface area contributed by atoms with Gasteiger partial charge in [0.05, 0.1) is 24.1 Å². The highest BCUT2D eigenvalue weighted by atomic mass is 19.1. The Hall–Kier alpha value is -4.19. The Bertz CT molecular complexity index is 1350. The van der Waals surface area contributed by atoms with E-state index in [0.717, 1.165) is 39.5 Å². The molecule has 3 aromatic carbocycles. The minimum absolute atomic E-state index is 0.265. The number of rotatable bonds is 7. The molecular formula is C29H27FN2O3. The van der Waals surface area contributed by atoms with E-state index in [4.69, 9.17) is 9.57 Å². The Morgan fingerprint density at radius 3 is 2.23 bits per heavy atom. The largest absolute Gasteiger partial charge is 0.465 e. The third kappa shape index (κ3) is 5.32. The Balaban J connectivity index is 1.62. The van der Waals surface area contributed by atoms with Crippen molar-refractivity contribution in [2.24, 2.45) is 5.16 Å². The fourth-order valence-electron chi connectivity index (χ4n) is 3.94. The van der Waals surface area contributed by atoms with Gasteiger partial charge in [0.1, 0.15) is 12.4 Å². The molecule has 0 aliphatic rings. The van der Waals surface area contributed by atoms with Crippen molar-refractivity contribution in [1.29, 1.82) is 0 Å². The molecule has 0 spiro atoms. The van der Waals surface area contributed by atoms with Crippen molar-refractivity contribution in [3.05, 3.63) is 113 Å². The zero-order valence-electron chi connectivity index (χ0n) is 20.2. The van der Waals surface area contributed by atoms with Crippen LogP contribution in [0.1, 0.15) is 39.7 Å². The number of nitrogens with zero attached hydrogens (tertiary/aromatic N) is 2. The standard InChI is InChI=1S/C29H27FN2O3/c1-19-5-15-26(16-6-19)32-21(3)27(17-28(32)23-11-13-25(30)14-12-23)20(2)31-35-18-22-7-9-24(10-8-22)29(33)34-4/h5-17H,18H2,1-4H3/b31-20+. The second-order valence-electron chi connectivity index (χ2n) is 8.35. The summed E-state index contributed by atoms with van der Waals surface area (Å²) in [5.74, 6) is -0.651. The van der Waals surface area contributed by atoms with Crippen LogP contribution in [0.25, 0.3) is 16.9 Å². The van der Waals surface area contributed by atoms with Gasteiger partial charge in [-0.2, -0.15) is 0 Å². The van der Waals surface area contributed by atoms with Gasteiger partial charge in [0.15, 0.2) is 0 Å². The molecule has 4 aromatic rings. The minimum atomic E-state index is -0.378. The molecule has 4 rings (SSSR count). The summed E-state index contributed by atoms with van der Waals surface area (Å²) in [6, 6.07) is 23.8. The summed E-state index contributed by atoms with van der Waals surface area (Å²) in [7, 11) is 1.35. The van der Waals surface area contributed by atoms with E-state index in [1.54, 1.807) is 24.3 Å². The summed E-state index contributed by atoms with van der Waals surface area (Å²) >= 11 is 0. The van der Waals surface area contributed by atoms with Gasteiger partial charge in [-0.3, -0.25) is 0 Å². The lowest BCUT2D eigenvalue weighted by Crippen LogP contribution is -2.03. The second kappa shape index (κ2) is 10.4. The zero-order chi connectivity index (χ0) is 24.9. The van der Waals surface area contributed by atoms with Gasteiger partial charge in [0.2, 0.25) is 0 Å². The molecule has 178 valence electrons. The molecule has 0 aliphatic heterocycles. The van der Waals surface area contributed by atoms with Gasteiger partial charge < -0.3 is 14.1 Å². The van der Waals surface area contributed by atoms with Gasteiger partial charge >= 0.3 is 5.97 Å². The predicted octanol–water partition coefficient (Wildman–Crippen LogP) is 6.63. The highest BCUT2D eigenvalue weighted by Gasteiger charge is 2.17. The highest BCUT2D eigenvalue weighted by molar-refractivity contribution is 6.01. The van der Waals surface area contributed by atoms with Crippen LogP contribution in [0.3, 0.4) is 0 Å². The summed E-state index contributed by atoms with van der Waals surface area (Å²) in [6.07, 6.45) is 0. The number of hydrogen-bond donors (Lipinski definition) is 0. The molecule has 0 atom stereocenters. The fraction of sp³-hybridized carbons (Fsp3) is 0.172. The SMILES string of the molecule is COC(=O)c1ccc(CO/N=C(\C)c2cc(-c3ccc(F)cc3)n(-c3ccc(C)cc3)c2C)cc1. The first kappa shape index (κ1) is 24.0. The third-order valence-corrected chi connectivity index (χ3v) is 5.88. The number of carbonyl (C=O) groups excluding carboxylic acids is 1. The number of oxime groups is 1. The van der Waals surface area contributed by atoms with Gasteiger partial charge in [-0.05, 0) is 86.5 Å². The lowest BCUT2D eigenvalue weighted by molar-refractivity contribution is 0.0600. The Morgan fingerprint density at radius 2 is 1.60 bits per heavy atom. The van der Waals surface area contributed by atoms with Gasteiger partial charge in [0.25, 0.3) is 0 Å². The van der Waals surface area contributed by atoms with E-state index in [2.05, 4.69) is 47.0 Å². The number of benzene rings is 3. The maximum absolute atomic E-state index is 13.6. The summed E-state index contributed by atoms with van der Waals surface area (Å²) in [4.78, 5) is 17.2. The molecule has 0 unspecified atom stereocenters. The van der Waals surface area contributed by atoms with E-state index < -0.39 is 0 Å². The first-order chi connectivity index (χ1) is 16.9. The van der Waals surface area contributed by atoms with E-state index in [1.165, 1.54) is 24.8 Å². The van der Waals surface area contributed by atoms with Crippen LogP contribution in [0.15, 0.2) is 84.0 Å². The quantitative estimate of drug-likeness (QED) is 0.173. The molecule has 0 saturated carbocycles. The molecule has 0 N–H and O–H groups in total. The average Bonchev–Trinajstić information content (AvgIpc) is 3.22. The molecule has 0 radical (unpaired) electrons. The summed E-state index contributed by atoms with van der Waals surface area (Å²) < 4.78 is 20.4. The van der Waals surface area contributed by atoms with Crippen molar-refractivity contribution in [1.82, 2.24) is 4.57 Å². The number of halogens is 1. The molecule has 0 amide bonds. The molecule has 0 fully saturated rings. The van der Waals surface area contributed by atoms with Gasteiger partial charge in [-0.25, -0.2) is 9.18 Å². The molecule has 0 aliphatic carbocycles. The molecule has 5 nitrogen and oxygen atoms in total. The number of ether oxygens (including phenoxy) is 1. The Kier molecular flexibility index (Phi) is 7.11. The van der Waals surface area contributed by atoms with E-state index in [9.17, 15) is 9.18 Å². The van der Waals surface area contributed by atoms with Crippen molar-refractivity contribution in [3.8, 4) is 16.9 Å². The Morgan fingerprint density at radius 1 is 0.943 bits per heavy atom. The number of esters is 1. The Labute approximate surface area is 204 Å². The fourth-order valence-corrected chi connectivity index (χ4v) is 3.94. The first-order valence-corrected chi connectivity index (χ1v) is 11.3. The van der Waals surface area contributed by atoms with Crippen molar-refractivity contribution in [2.75, 3.05) is 7.11 Å². The number of carbonyl (C=O) groups is 1. The number of hydrogen-bond acceptors (Lipinski definition) is 4. The number of aryl methyl sites for hydroxylation is 1. The summed E-state index contributed by atoms with van der Waals surface area (Å²) in [5, 5.41) is 4.35. The van der Waals surface area contributed by atoms with Crippen LogP contribution in [-0.4, -0.2) is 23.4 Å². The minimum Gasteiger partial charge on any atom is -0.465 e.